The van der Waals surface area contributed by atoms with Crippen LogP contribution in [-0.4, -0.2) is 9.97 Å². The third-order valence-electron chi connectivity index (χ3n) is 10.3. The Balaban J connectivity index is 1.11. The average molecular weight is 653 g/mol. The van der Waals surface area contributed by atoms with Gasteiger partial charge in [-0.25, -0.2) is 0 Å². The first-order chi connectivity index (χ1) is 25.3. The van der Waals surface area contributed by atoms with Gasteiger partial charge in [-0.05, 0) is 95.1 Å². The molecule has 0 amide bonds. The molecule has 1 aliphatic carbocycles. The molecule has 0 saturated carbocycles. The van der Waals surface area contributed by atoms with E-state index in [-0.39, 0.29) is 0 Å². The zero-order valence-electron chi connectivity index (χ0n) is 27.8. The number of hydrogen-bond acceptors (Lipinski definition) is 4. The lowest BCUT2D eigenvalue weighted by atomic mass is 9.68. The Bertz CT molecular complexity index is 2430. The highest BCUT2D eigenvalue weighted by atomic mass is 15.2. The number of hydrogen-bond donors (Lipinski definition) is 0. The summed E-state index contributed by atoms with van der Waals surface area (Å²) in [5.41, 5.74) is 15.1. The predicted octanol–water partition coefficient (Wildman–Crippen LogP) is 11.8. The summed E-state index contributed by atoms with van der Waals surface area (Å²) in [5, 5.41) is 0. The largest absolute Gasteiger partial charge is 0.311 e. The molecule has 0 unspecified atom stereocenters. The lowest BCUT2D eigenvalue weighted by Gasteiger charge is -2.43. The van der Waals surface area contributed by atoms with Crippen molar-refractivity contribution in [1.82, 2.24) is 9.97 Å². The standard InChI is InChI=1S/C47H32N4/c1-3-13-33(14-4-1)34-23-25-36(26-24-34)50(35-15-5-2-6-16-35)37-27-29-38(30-28-37)51-43-21-9-7-19-41(43)47(42-20-8-10-22-44(42)51)45-39(17-11-31-48-45)40-18-12-32-49-46(40)47/h1-32H. The normalized spacial score (nSPS) is 13.2. The summed E-state index contributed by atoms with van der Waals surface area (Å²) < 4.78 is 0. The van der Waals surface area contributed by atoms with Crippen molar-refractivity contribution in [3.63, 3.8) is 0 Å². The van der Waals surface area contributed by atoms with E-state index in [1.165, 1.54) is 22.3 Å². The van der Waals surface area contributed by atoms with Crippen LogP contribution in [0, 0.1) is 0 Å². The van der Waals surface area contributed by atoms with Gasteiger partial charge in [-0.15, -0.1) is 0 Å². The molecule has 6 aromatic carbocycles. The van der Waals surface area contributed by atoms with Gasteiger partial charge < -0.3 is 9.80 Å². The van der Waals surface area contributed by atoms with Crippen LogP contribution in [0.2, 0.25) is 0 Å². The number of para-hydroxylation sites is 3. The number of anilines is 6. The summed E-state index contributed by atoms with van der Waals surface area (Å²) in [6.07, 6.45) is 3.83. The third kappa shape index (κ3) is 4.40. The number of aromatic nitrogens is 2. The topological polar surface area (TPSA) is 32.3 Å². The number of fused-ring (bicyclic) bond motifs is 9. The van der Waals surface area contributed by atoms with Crippen molar-refractivity contribution >= 4 is 34.1 Å². The van der Waals surface area contributed by atoms with E-state index in [4.69, 9.17) is 9.97 Å². The van der Waals surface area contributed by atoms with E-state index in [9.17, 15) is 0 Å². The first-order valence-corrected chi connectivity index (χ1v) is 17.3. The van der Waals surface area contributed by atoms with E-state index in [0.29, 0.717) is 0 Å². The van der Waals surface area contributed by atoms with E-state index >= 15 is 0 Å². The van der Waals surface area contributed by atoms with Crippen LogP contribution in [0.3, 0.4) is 0 Å². The van der Waals surface area contributed by atoms with Crippen LogP contribution in [0.15, 0.2) is 194 Å². The van der Waals surface area contributed by atoms with Crippen molar-refractivity contribution in [2.75, 3.05) is 9.80 Å². The van der Waals surface area contributed by atoms with Crippen molar-refractivity contribution in [3.8, 4) is 22.3 Å². The van der Waals surface area contributed by atoms with Crippen LogP contribution >= 0.6 is 0 Å². The van der Waals surface area contributed by atoms with E-state index in [1.807, 2.05) is 24.5 Å². The van der Waals surface area contributed by atoms with Crippen LogP contribution in [0.25, 0.3) is 22.3 Å². The molecule has 10 rings (SSSR count). The van der Waals surface area contributed by atoms with Gasteiger partial charge in [-0.3, -0.25) is 9.97 Å². The van der Waals surface area contributed by atoms with Gasteiger partial charge in [0, 0.05) is 46.3 Å². The minimum atomic E-state index is -0.632. The van der Waals surface area contributed by atoms with E-state index in [0.717, 1.165) is 56.6 Å². The molecule has 0 fully saturated rings. The summed E-state index contributed by atoms with van der Waals surface area (Å²) in [5.74, 6) is 0. The minimum Gasteiger partial charge on any atom is -0.311 e. The van der Waals surface area contributed by atoms with Crippen LogP contribution in [0.4, 0.5) is 34.1 Å². The molecule has 2 aliphatic rings. The molecule has 51 heavy (non-hydrogen) atoms. The third-order valence-corrected chi connectivity index (χ3v) is 10.3. The number of pyridine rings is 2. The van der Waals surface area contributed by atoms with Crippen molar-refractivity contribution in [3.05, 3.63) is 217 Å². The SMILES string of the molecule is c1ccc(-c2ccc(N(c3ccccc3)c3ccc(N4c5ccccc5C5(c6ccccc64)c4ncccc4-c4cccnc45)cc3)cc2)cc1. The fourth-order valence-electron chi connectivity index (χ4n) is 8.20. The zero-order chi connectivity index (χ0) is 33.8. The van der Waals surface area contributed by atoms with Gasteiger partial charge in [-0.1, -0.05) is 109 Å². The molecule has 4 heteroatoms. The highest BCUT2D eigenvalue weighted by Crippen LogP contribution is 2.62. The second-order valence-electron chi connectivity index (χ2n) is 13.0. The molecule has 8 aromatic rings. The molecule has 0 bridgehead atoms. The molecular formula is C47H32N4. The van der Waals surface area contributed by atoms with E-state index in [1.54, 1.807) is 0 Å². The summed E-state index contributed by atoms with van der Waals surface area (Å²) in [6, 6.07) is 64.8. The first kappa shape index (κ1) is 29.2. The fourth-order valence-corrected chi connectivity index (χ4v) is 8.20. The Hall–Kier alpha value is -6.78. The molecule has 1 aliphatic heterocycles. The Morgan fingerprint density at radius 1 is 0.392 bits per heavy atom. The van der Waals surface area contributed by atoms with Gasteiger partial charge in [-0.2, -0.15) is 0 Å². The first-order valence-electron chi connectivity index (χ1n) is 17.3. The van der Waals surface area contributed by atoms with Gasteiger partial charge >= 0.3 is 0 Å². The van der Waals surface area contributed by atoms with Crippen molar-refractivity contribution in [2.45, 2.75) is 5.41 Å². The molecule has 3 heterocycles. The van der Waals surface area contributed by atoms with Gasteiger partial charge in [0.25, 0.3) is 0 Å². The highest BCUT2D eigenvalue weighted by molar-refractivity contribution is 5.94. The maximum atomic E-state index is 5.09. The number of rotatable bonds is 5. The lowest BCUT2D eigenvalue weighted by molar-refractivity contribution is 0.701. The van der Waals surface area contributed by atoms with Gasteiger partial charge in [0.15, 0.2) is 0 Å². The Kier molecular flexibility index (Phi) is 6.68. The van der Waals surface area contributed by atoms with Crippen LogP contribution in [0.1, 0.15) is 22.5 Å². The van der Waals surface area contributed by atoms with Crippen molar-refractivity contribution in [1.29, 1.82) is 0 Å². The molecular weight excluding hydrogens is 621 g/mol. The smallest absolute Gasteiger partial charge is 0.110 e. The highest BCUT2D eigenvalue weighted by Gasteiger charge is 2.53. The zero-order valence-corrected chi connectivity index (χ0v) is 27.8. The maximum Gasteiger partial charge on any atom is 0.110 e. The molecule has 0 atom stereocenters. The predicted molar refractivity (Wildman–Crippen MR) is 208 cm³/mol. The molecule has 0 saturated heterocycles. The van der Waals surface area contributed by atoms with Crippen LogP contribution < -0.4 is 9.80 Å². The molecule has 4 nitrogen and oxygen atoms in total. The molecule has 1 spiro atoms. The fraction of sp³-hybridized carbons (Fsp3) is 0.0213. The number of benzene rings is 6. The minimum absolute atomic E-state index is 0.632. The van der Waals surface area contributed by atoms with Crippen LogP contribution in [-0.2, 0) is 5.41 Å². The summed E-state index contributed by atoms with van der Waals surface area (Å²) >= 11 is 0. The molecule has 0 radical (unpaired) electrons. The Morgan fingerprint density at radius 3 is 1.41 bits per heavy atom. The lowest BCUT2D eigenvalue weighted by Crippen LogP contribution is -2.37. The molecule has 240 valence electrons. The Labute approximate surface area is 297 Å². The summed E-state index contributed by atoms with van der Waals surface area (Å²) in [6.45, 7) is 0. The maximum absolute atomic E-state index is 5.09. The molecule has 0 N–H and O–H groups in total. The Morgan fingerprint density at radius 2 is 0.843 bits per heavy atom. The quantitative estimate of drug-likeness (QED) is 0.185. The van der Waals surface area contributed by atoms with Gasteiger partial charge in [0.1, 0.15) is 5.41 Å². The second kappa shape index (κ2) is 11.7. The van der Waals surface area contributed by atoms with E-state index < -0.39 is 5.41 Å². The van der Waals surface area contributed by atoms with Crippen LogP contribution in [0.5, 0.6) is 0 Å². The number of nitrogens with zero attached hydrogens (tertiary/aromatic N) is 4. The average Bonchev–Trinajstić information content (AvgIpc) is 3.50. The monoisotopic (exact) mass is 652 g/mol. The summed E-state index contributed by atoms with van der Waals surface area (Å²) in [7, 11) is 0. The van der Waals surface area contributed by atoms with E-state index in [2.05, 4.69) is 180 Å². The van der Waals surface area contributed by atoms with Crippen molar-refractivity contribution < 1.29 is 0 Å². The second-order valence-corrected chi connectivity index (χ2v) is 13.0. The van der Waals surface area contributed by atoms with Gasteiger partial charge in [0.2, 0.25) is 0 Å². The summed E-state index contributed by atoms with van der Waals surface area (Å²) in [4.78, 5) is 14.9. The van der Waals surface area contributed by atoms with Crippen molar-refractivity contribution in [2.24, 2.45) is 0 Å². The molecule has 2 aromatic heterocycles. The van der Waals surface area contributed by atoms with Gasteiger partial charge in [0.05, 0.1) is 22.8 Å².